The molecule has 96 valence electrons. The summed E-state index contributed by atoms with van der Waals surface area (Å²) < 4.78 is 0. The summed E-state index contributed by atoms with van der Waals surface area (Å²) >= 11 is 0. The van der Waals surface area contributed by atoms with E-state index in [0.29, 0.717) is 0 Å². The van der Waals surface area contributed by atoms with E-state index in [1.807, 2.05) is 0 Å². The molecule has 2 heteroatoms. The summed E-state index contributed by atoms with van der Waals surface area (Å²) in [5, 5.41) is 0. The van der Waals surface area contributed by atoms with Gasteiger partial charge in [-0.25, -0.2) is 0 Å². The topological polar surface area (TPSA) is 29.3 Å². The van der Waals surface area contributed by atoms with Crippen LogP contribution in [0.5, 0.6) is 0 Å². The van der Waals surface area contributed by atoms with Gasteiger partial charge in [0, 0.05) is 19.6 Å². The van der Waals surface area contributed by atoms with Crippen LogP contribution in [0.1, 0.15) is 36.5 Å². The Kier molecular flexibility index (Phi) is 6.23. The van der Waals surface area contributed by atoms with Gasteiger partial charge in [-0.2, -0.15) is 0 Å². The quantitative estimate of drug-likeness (QED) is 0.786. The Hall–Kier alpha value is -0.860. The van der Waals surface area contributed by atoms with Gasteiger partial charge in [0.25, 0.3) is 0 Å². The molecule has 0 saturated carbocycles. The zero-order valence-electron chi connectivity index (χ0n) is 11.5. The third-order valence-corrected chi connectivity index (χ3v) is 3.25. The normalized spacial score (nSPS) is 11.1. The van der Waals surface area contributed by atoms with Crippen molar-refractivity contribution in [1.82, 2.24) is 4.90 Å². The zero-order valence-corrected chi connectivity index (χ0v) is 11.5. The summed E-state index contributed by atoms with van der Waals surface area (Å²) in [7, 11) is 0. The summed E-state index contributed by atoms with van der Waals surface area (Å²) in [4.78, 5) is 2.45. The van der Waals surface area contributed by atoms with Crippen LogP contribution < -0.4 is 5.73 Å². The van der Waals surface area contributed by atoms with Crippen molar-refractivity contribution >= 4 is 0 Å². The Balaban J connectivity index is 2.61. The lowest BCUT2D eigenvalue weighted by atomic mass is 10.1. The van der Waals surface area contributed by atoms with Crippen molar-refractivity contribution in [2.45, 2.75) is 40.2 Å². The average Bonchev–Trinajstić information content (AvgIpc) is 2.31. The van der Waals surface area contributed by atoms with Gasteiger partial charge in [0.05, 0.1) is 0 Å². The molecular weight excluding hydrogens is 208 g/mol. The van der Waals surface area contributed by atoms with Crippen molar-refractivity contribution in [2.75, 3.05) is 19.6 Å². The number of benzene rings is 1. The summed E-state index contributed by atoms with van der Waals surface area (Å²) in [6.07, 6.45) is 2.50. The molecule has 0 aromatic heterocycles. The fraction of sp³-hybridized carbons (Fsp3) is 0.600. The van der Waals surface area contributed by atoms with Gasteiger partial charge in [0.1, 0.15) is 0 Å². The lowest BCUT2D eigenvalue weighted by molar-refractivity contribution is 0.268. The smallest absolute Gasteiger partial charge is 0.0234 e. The Morgan fingerprint density at radius 2 is 1.88 bits per heavy atom. The van der Waals surface area contributed by atoms with Crippen molar-refractivity contribution in [3.8, 4) is 0 Å². The van der Waals surface area contributed by atoms with Gasteiger partial charge in [-0.15, -0.1) is 0 Å². The summed E-state index contributed by atoms with van der Waals surface area (Å²) in [6, 6.07) is 6.74. The molecular formula is C15H26N2. The highest BCUT2D eigenvalue weighted by Gasteiger charge is 2.05. The molecule has 0 fully saturated rings. The summed E-state index contributed by atoms with van der Waals surface area (Å²) in [5.74, 6) is 0. The monoisotopic (exact) mass is 234 g/mol. The molecule has 0 aliphatic rings. The minimum Gasteiger partial charge on any atom is -0.329 e. The molecule has 1 aromatic carbocycles. The van der Waals surface area contributed by atoms with E-state index in [4.69, 9.17) is 5.73 Å². The molecule has 17 heavy (non-hydrogen) atoms. The third-order valence-electron chi connectivity index (χ3n) is 3.25. The number of nitrogens with two attached hydrogens (primary N) is 1. The van der Waals surface area contributed by atoms with Gasteiger partial charge in [0.15, 0.2) is 0 Å². The predicted molar refractivity (Wildman–Crippen MR) is 75.2 cm³/mol. The second-order valence-corrected chi connectivity index (χ2v) is 4.84. The third kappa shape index (κ3) is 4.88. The largest absolute Gasteiger partial charge is 0.329 e. The summed E-state index contributed by atoms with van der Waals surface area (Å²) in [6.45, 7) is 10.5. The van der Waals surface area contributed by atoms with E-state index in [0.717, 1.165) is 26.2 Å². The van der Waals surface area contributed by atoms with Crippen LogP contribution in [-0.2, 0) is 6.54 Å². The van der Waals surface area contributed by atoms with E-state index in [-0.39, 0.29) is 0 Å². The molecule has 0 aliphatic carbocycles. The van der Waals surface area contributed by atoms with Gasteiger partial charge in [-0.1, -0.05) is 31.5 Å². The molecule has 0 amide bonds. The maximum Gasteiger partial charge on any atom is 0.0234 e. The van der Waals surface area contributed by atoms with Gasteiger partial charge in [0.2, 0.25) is 0 Å². The molecule has 0 unspecified atom stereocenters. The Morgan fingerprint density at radius 3 is 2.47 bits per heavy atom. The zero-order chi connectivity index (χ0) is 12.7. The van der Waals surface area contributed by atoms with E-state index in [9.17, 15) is 0 Å². The second kappa shape index (κ2) is 7.46. The van der Waals surface area contributed by atoms with Crippen LogP contribution in [0.3, 0.4) is 0 Å². The lowest BCUT2D eigenvalue weighted by Crippen LogP contribution is -2.30. The highest BCUT2D eigenvalue weighted by atomic mass is 15.1. The van der Waals surface area contributed by atoms with Crippen LogP contribution >= 0.6 is 0 Å². The van der Waals surface area contributed by atoms with Crippen molar-refractivity contribution in [1.29, 1.82) is 0 Å². The van der Waals surface area contributed by atoms with E-state index in [1.165, 1.54) is 29.5 Å². The molecule has 2 nitrogen and oxygen atoms in total. The van der Waals surface area contributed by atoms with E-state index >= 15 is 0 Å². The predicted octanol–water partition coefficient (Wildman–Crippen LogP) is 2.86. The maximum absolute atomic E-state index is 5.67. The highest BCUT2D eigenvalue weighted by Crippen LogP contribution is 2.12. The van der Waals surface area contributed by atoms with Crippen LogP contribution in [0, 0.1) is 13.8 Å². The fourth-order valence-electron chi connectivity index (χ4n) is 1.99. The van der Waals surface area contributed by atoms with Crippen LogP contribution in [0.2, 0.25) is 0 Å². The minimum atomic E-state index is 0.745. The lowest BCUT2D eigenvalue weighted by Gasteiger charge is -2.21. The Bertz CT molecular complexity index is 334. The van der Waals surface area contributed by atoms with Crippen molar-refractivity contribution in [2.24, 2.45) is 5.73 Å². The molecule has 0 spiro atoms. The molecule has 0 bridgehead atoms. The molecule has 0 atom stereocenters. The van der Waals surface area contributed by atoms with Crippen molar-refractivity contribution in [3.63, 3.8) is 0 Å². The van der Waals surface area contributed by atoms with Crippen molar-refractivity contribution in [3.05, 3.63) is 34.9 Å². The molecule has 1 aromatic rings. The number of aryl methyl sites for hydroxylation is 2. The molecule has 0 heterocycles. The maximum atomic E-state index is 5.67. The molecule has 0 saturated heterocycles. The first-order valence-electron chi connectivity index (χ1n) is 6.66. The van der Waals surface area contributed by atoms with Crippen molar-refractivity contribution < 1.29 is 0 Å². The first-order chi connectivity index (χ1) is 8.17. The number of nitrogens with zero attached hydrogens (tertiary/aromatic N) is 1. The molecule has 2 N–H and O–H groups in total. The van der Waals surface area contributed by atoms with Crippen LogP contribution in [0.25, 0.3) is 0 Å². The number of unbranched alkanes of at least 4 members (excludes halogenated alkanes) is 1. The van der Waals surface area contributed by atoms with E-state index in [1.54, 1.807) is 0 Å². The van der Waals surface area contributed by atoms with Gasteiger partial charge < -0.3 is 5.73 Å². The standard InChI is InChI=1S/C15H26N2/c1-4-5-9-17(10-8-16)12-15-7-6-13(2)14(3)11-15/h6-7,11H,4-5,8-10,12,16H2,1-3H3. The Morgan fingerprint density at radius 1 is 1.12 bits per heavy atom. The minimum absolute atomic E-state index is 0.745. The van der Waals surface area contributed by atoms with Crippen LogP contribution in [0.15, 0.2) is 18.2 Å². The fourth-order valence-corrected chi connectivity index (χ4v) is 1.99. The highest BCUT2D eigenvalue weighted by molar-refractivity contribution is 5.29. The first-order valence-corrected chi connectivity index (χ1v) is 6.66. The van der Waals surface area contributed by atoms with Gasteiger partial charge in [-0.3, -0.25) is 4.90 Å². The molecule has 1 rings (SSSR count). The van der Waals surface area contributed by atoms with E-state index in [2.05, 4.69) is 43.9 Å². The molecule has 0 radical (unpaired) electrons. The summed E-state index contributed by atoms with van der Waals surface area (Å²) in [5.41, 5.74) is 9.82. The number of hydrogen-bond acceptors (Lipinski definition) is 2. The SMILES string of the molecule is CCCCN(CCN)Cc1ccc(C)c(C)c1. The average molecular weight is 234 g/mol. The van der Waals surface area contributed by atoms with Gasteiger partial charge in [-0.05, 0) is 43.5 Å². The van der Waals surface area contributed by atoms with Gasteiger partial charge >= 0.3 is 0 Å². The van der Waals surface area contributed by atoms with Crippen LogP contribution in [0.4, 0.5) is 0 Å². The molecule has 0 aliphatic heterocycles. The Labute approximate surface area is 106 Å². The van der Waals surface area contributed by atoms with E-state index < -0.39 is 0 Å². The van der Waals surface area contributed by atoms with Crippen LogP contribution in [-0.4, -0.2) is 24.5 Å². The first kappa shape index (κ1) is 14.2. The number of rotatable bonds is 7. The number of hydrogen-bond donors (Lipinski definition) is 1. The second-order valence-electron chi connectivity index (χ2n) is 4.84.